The van der Waals surface area contributed by atoms with Gasteiger partial charge in [0.2, 0.25) is 0 Å². The zero-order valence-corrected chi connectivity index (χ0v) is 10.9. The molecule has 19 heavy (non-hydrogen) atoms. The molecular formula is C12H18N2O5. The van der Waals surface area contributed by atoms with Crippen LogP contribution in [0.5, 0.6) is 0 Å². The Kier molecular flexibility index (Phi) is 9.73. The highest BCUT2D eigenvalue weighted by Crippen LogP contribution is 1.88. The Balaban J connectivity index is 0.000000443. The van der Waals surface area contributed by atoms with E-state index in [0.717, 1.165) is 7.11 Å². The molecule has 106 valence electrons. The molecule has 0 saturated heterocycles. The third-order valence-electron chi connectivity index (χ3n) is 1.80. The molecule has 1 heterocycles. The predicted molar refractivity (Wildman–Crippen MR) is 67.3 cm³/mol. The van der Waals surface area contributed by atoms with E-state index in [4.69, 9.17) is 5.11 Å². The van der Waals surface area contributed by atoms with Gasteiger partial charge in [0.15, 0.2) is 6.04 Å². The lowest BCUT2D eigenvalue weighted by molar-refractivity contribution is -0.144. The number of carbonyl (C=O) groups is 2. The zero-order chi connectivity index (χ0) is 14.5. The number of amides is 1. The lowest BCUT2D eigenvalue weighted by atomic mass is 10.3. The molecule has 0 aromatic carbocycles. The third kappa shape index (κ3) is 8.56. The summed E-state index contributed by atoms with van der Waals surface area (Å²) in [7, 11) is 1.16. The van der Waals surface area contributed by atoms with Crippen LogP contribution in [0.2, 0.25) is 0 Å². The minimum absolute atomic E-state index is 0.200. The number of nitrogens with one attached hydrogen (secondary N) is 1. The highest BCUT2D eigenvalue weighted by Gasteiger charge is 2.20. The van der Waals surface area contributed by atoms with E-state index in [0.29, 0.717) is 0 Å². The number of ether oxygens (including phenoxy) is 2. The van der Waals surface area contributed by atoms with E-state index in [-0.39, 0.29) is 6.61 Å². The van der Waals surface area contributed by atoms with Gasteiger partial charge in [-0.15, -0.1) is 0 Å². The van der Waals surface area contributed by atoms with Gasteiger partial charge in [0.1, 0.15) is 0 Å². The Labute approximate surface area is 111 Å². The van der Waals surface area contributed by atoms with Crippen LogP contribution >= 0.6 is 0 Å². The molecule has 2 N–H and O–H groups in total. The summed E-state index contributed by atoms with van der Waals surface area (Å²) in [6.07, 6.45) is 2.74. The molecule has 0 radical (unpaired) electrons. The first-order valence-corrected chi connectivity index (χ1v) is 5.62. The summed E-state index contributed by atoms with van der Waals surface area (Å²) in [5.41, 5.74) is 0. The Hall–Kier alpha value is -2.15. The Morgan fingerprint density at radius 3 is 2.26 bits per heavy atom. The van der Waals surface area contributed by atoms with Crippen LogP contribution in [-0.4, -0.2) is 48.5 Å². The Morgan fingerprint density at radius 1 is 1.32 bits per heavy atom. The molecule has 7 nitrogen and oxygen atoms in total. The average Bonchev–Trinajstić information content (AvgIpc) is 2.46. The molecule has 1 rings (SSSR count). The number of methoxy groups -OCH3 is 1. The van der Waals surface area contributed by atoms with E-state index in [1.54, 1.807) is 19.3 Å². The van der Waals surface area contributed by atoms with Gasteiger partial charge >= 0.3 is 12.1 Å². The number of rotatable bonds is 4. The minimum Gasteiger partial charge on any atom is -0.467 e. The predicted octanol–water partition coefficient (Wildman–Crippen LogP) is 0.348. The number of hydrogen-bond donors (Lipinski definition) is 2. The van der Waals surface area contributed by atoms with Gasteiger partial charge in [-0.2, -0.15) is 0 Å². The summed E-state index contributed by atoms with van der Waals surface area (Å²) >= 11 is 0. The number of alkyl carbamates (subject to hydrolysis) is 1. The third-order valence-corrected chi connectivity index (χ3v) is 1.80. The maximum Gasteiger partial charge on any atom is 0.407 e. The fourth-order valence-electron chi connectivity index (χ4n) is 0.949. The monoisotopic (exact) mass is 270 g/mol. The van der Waals surface area contributed by atoms with Crippen LogP contribution < -0.4 is 5.32 Å². The van der Waals surface area contributed by atoms with Crippen molar-refractivity contribution in [2.24, 2.45) is 0 Å². The number of nitrogens with zero attached hydrogens (tertiary/aromatic N) is 1. The lowest BCUT2D eigenvalue weighted by Gasteiger charge is -2.12. The van der Waals surface area contributed by atoms with Crippen LogP contribution in [0, 0.1) is 0 Å². The van der Waals surface area contributed by atoms with Crippen molar-refractivity contribution in [3.8, 4) is 0 Å². The summed E-state index contributed by atoms with van der Waals surface area (Å²) in [6.45, 7) is 1.31. The standard InChI is InChI=1S/C7H13NO5.C5H5N/c1-3-13-7(11)8-5(4-9)6(10)12-2;1-2-4-6-5-3-1/h5,9H,3-4H2,1-2H3,(H,8,11);1-5H. The van der Waals surface area contributed by atoms with Gasteiger partial charge in [0.25, 0.3) is 0 Å². The highest BCUT2D eigenvalue weighted by atomic mass is 16.6. The summed E-state index contributed by atoms with van der Waals surface area (Å²) in [6, 6.07) is 4.65. The summed E-state index contributed by atoms with van der Waals surface area (Å²) < 4.78 is 8.81. The Bertz CT molecular complexity index is 332. The lowest BCUT2D eigenvalue weighted by Crippen LogP contribution is -2.44. The molecule has 0 spiro atoms. The van der Waals surface area contributed by atoms with Crippen molar-refractivity contribution in [3.63, 3.8) is 0 Å². The SMILES string of the molecule is CCOC(=O)NC(CO)C(=O)OC.c1ccncc1. The molecule has 1 atom stereocenters. The molecule has 0 bridgehead atoms. The molecule has 0 aliphatic rings. The van der Waals surface area contributed by atoms with Crippen LogP contribution in [0.1, 0.15) is 6.92 Å². The number of esters is 1. The number of aliphatic hydroxyl groups excluding tert-OH is 1. The normalized spacial score (nSPS) is 10.5. The second-order valence-corrected chi connectivity index (χ2v) is 3.15. The maximum atomic E-state index is 10.8. The second kappa shape index (κ2) is 11.0. The molecule has 1 aromatic heterocycles. The molecular weight excluding hydrogens is 252 g/mol. The Morgan fingerprint density at radius 2 is 1.95 bits per heavy atom. The molecule has 1 aromatic rings. The topological polar surface area (TPSA) is 97.8 Å². The van der Waals surface area contributed by atoms with E-state index < -0.39 is 24.7 Å². The van der Waals surface area contributed by atoms with E-state index in [1.807, 2.05) is 18.2 Å². The van der Waals surface area contributed by atoms with Crippen molar-refractivity contribution < 1.29 is 24.2 Å². The van der Waals surface area contributed by atoms with Crippen LogP contribution in [0.15, 0.2) is 30.6 Å². The molecule has 0 fully saturated rings. The molecule has 1 amide bonds. The average molecular weight is 270 g/mol. The molecule has 1 unspecified atom stereocenters. The summed E-state index contributed by atoms with van der Waals surface area (Å²) in [5, 5.41) is 10.8. The largest absolute Gasteiger partial charge is 0.467 e. The fraction of sp³-hybridized carbons (Fsp3) is 0.417. The van der Waals surface area contributed by atoms with Crippen LogP contribution in [0.25, 0.3) is 0 Å². The molecule has 0 saturated carbocycles. The fourth-order valence-corrected chi connectivity index (χ4v) is 0.949. The van der Waals surface area contributed by atoms with Crippen LogP contribution in [-0.2, 0) is 14.3 Å². The van der Waals surface area contributed by atoms with Crippen molar-refractivity contribution >= 4 is 12.1 Å². The van der Waals surface area contributed by atoms with Gasteiger partial charge in [-0.25, -0.2) is 9.59 Å². The molecule has 0 aliphatic carbocycles. The van der Waals surface area contributed by atoms with Crippen molar-refractivity contribution in [1.29, 1.82) is 0 Å². The smallest absolute Gasteiger partial charge is 0.407 e. The number of aromatic nitrogens is 1. The van der Waals surface area contributed by atoms with E-state index in [9.17, 15) is 9.59 Å². The summed E-state index contributed by atoms with van der Waals surface area (Å²) in [4.78, 5) is 25.4. The van der Waals surface area contributed by atoms with Gasteiger partial charge in [-0.1, -0.05) is 6.07 Å². The van der Waals surface area contributed by atoms with Crippen molar-refractivity contribution in [3.05, 3.63) is 30.6 Å². The zero-order valence-electron chi connectivity index (χ0n) is 10.9. The van der Waals surface area contributed by atoms with E-state index >= 15 is 0 Å². The van der Waals surface area contributed by atoms with Crippen molar-refractivity contribution in [1.82, 2.24) is 10.3 Å². The highest BCUT2D eigenvalue weighted by molar-refractivity contribution is 5.81. The van der Waals surface area contributed by atoms with Crippen molar-refractivity contribution in [2.75, 3.05) is 20.3 Å². The quantitative estimate of drug-likeness (QED) is 0.766. The van der Waals surface area contributed by atoms with Gasteiger partial charge < -0.3 is 19.9 Å². The summed E-state index contributed by atoms with van der Waals surface area (Å²) in [5.74, 6) is -0.712. The number of pyridine rings is 1. The van der Waals surface area contributed by atoms with Gasteiger partial charge in [-0.05, 0) is 19.1 Å². The number of carbonyl (C=O) groups excluding carboxylic acids is 2. The van der Waals surface area contributed by atoms with Gasteiger partial charge in [0.05, 0.1) is 20.3 Å². The first kappa shape index (κ1) is 16.9. The van der Waals surface area contributed by atoms with E-state index in [2.05, 4.69) is 19.8 Å². The second-order valence-electron chi connectivity index (χ2n) is 3.15. The first-order chi connectivity index (χ1) is 9.15. The van der Waals surface area contributed by atoms with Crippen molar-refractivity contribution in [2.45, 2.75) is 13.0 Å². The number of aliphatic hydroxyl groups is 1. The van der Waals surface area contributed by atoms with Crippen LogP contribution in [0.4, 0.5) is 4.79 Å². The van der Waals surface area contributed by atoms with Gasteiger partial charge in [-0.3, -0.25) is 4.98 Å². The maximum absolute atomic E-state index is 10.8. The van der Waals surface area contributed by atoms with E-state index in [1.165, 1.54) is 0 Å². The van der Waals surface area contributed by atoms with Gasteiger partial charge in [0, 0.05) is 12.4 Å². The molecule has 7 heteroatoms. The molecule has 0 aliphatic heterocycles. The van der Waals surface area contributed by atoms with Crippen LogP contribution in [0.3, 0.4) is 0 Å². The number of hydrogen-bond acceptors (Lipinski definition) is 6. The first-order valence-electron chi connectivity index (χ1n) is 5.62. The minimum atomic E-state index is -1.07.